The SMILES string of the molecule is CN(C(=O)[C@H](Cc1cc(F)cc(F)c1)NC(=O)Oc1ccccc1)c1ccc(OC(F)F)cc1. The van der Waals surface area contributed by atoms with Gasteiger partial charge >= 0.3 is 12.7 Å². The fraction of sp³-hybridized carbons (Fsp3) is 0.167. The van der Waals surface area contributed by atoms with Crippen molar-refractivity contribution in [2.24, 2.45) is 0 Å². The lowest BCUT2D eigenvalue weighted by Crippen LogP contribution is -2.49. The molecule has 2 amide bonds. The molecule has 0 unspecified atom stereocenters. The minimum absolute atomic E-state index is 0.101. The predicted octanol–water partition coefficient (Wildman–Crippen LogP) is 4.93. The van der Waals surface area contributed by atoms with Gasteiger partial charge in [-0.1, -0.05) is 18.2 Å². The second kappa shape index (κ2) is 11.2. The van der Waals surface area contributed by atoms with Crippen molar-refractivity contribution in [2.45, 2.75) is 19.1 Å². The van der Waals surface area contributed by atoms with E-state index in [1.54, 1.807) is 18.2 Å². The topological polar surface area (TPSA) is 67.9 Å². The molecule has 0 fully saturated rings. The molecule has 0 aliphatic heterocycles. The van der Waals surface area contributed by atoms with Gasteiger partial charge in [0, 0.05) is 25.2 Å². The van der Waals surface area contributed by atoms with Gasteiger partial charge in [0.15, 0.2) is 0 Å². The number of anilines is 1. The summed E-state index contributed by atoms with van der Waals surface area (Å²) in [5, 5.41) is 2.42. The van der Waals surface area contributed by atoms with Gasteiger partial charge in [0.05, 0.1) is 0 Å². The molecule has 0 aliphatic carbocycles. The molecule has 0 heterocycles. The van der Waals surface area contributed by atoms with E-state index in [-0.39, 0.29) is 23.5 Å². The fourth-order valence-electron chi connectivity index (χ4n) is 3.14. The predicted molar refractivity (Wildman–Crippen MR) is 116 cm³/mol. The van der Waals surface area contributed by atoms with Crippen LogP contribution in [0.15, 0.2) is 72.8 Å². The van der Waals surface area contributed by atoms with Crippen LogP contribution in [0.1, 0.15) is 5.56 Å². The normalized spacial score (nSPS) is 11.6. The first kappa shape index (κ1) is 24.6. The van der Waals surface area contributed by atoms with E-state index in [4.69, 9.17) is 4.74 Å². The van der Waals surface area contributed by atoms with Gasteiger partial charge in [-0.15, -0.1) is 0 Å². The number of alkyl halides is 2. The third-order valence-corrected chi connectivity index (χ3v) is 4.69. The summed E-state index contributed by atoms with van der Waals surface area (Å²) in [5.41, 5.74) is 0.435. The molecule has 0 aromatic heterocycles. The zero-order valence-electron chi connectivity index (χ0n) is 17.9. The van der Waals surface area contributed by atoms with Crippen LogP contribution in [0, 0.1) is 11.6 Å². The molecule has 3 aromatic rings. The van der Waals surface area contributed by atoms with Crippen molar-refractivity contribution in [1.82, 2.24) is 5.32 Å². The van der Waals surface area contributed by atoms with Gasteiger partial charge in [0.2, 0.25) is 5.91 Å². The van der Waals surface area contributed by atoms with Crippen LogP contribution in [0.3, 0.4) is 0 Å². The molecule has 178 valence electrons. The minimum Gasteiger partial charge on any atom is -0.435 e. The van der Waals surface area contributed by atoms with Crippen molar-refractivity contribution < 1.29 is 36.6 Å². The number of carbonyl (C=O) groups is 2. The van der Waals surface area contributed by atoms with Gasteiger partial charge < -0.3 is 19.7 Å². The van der Waals surface area contributed by atoms with E-state index in [0.717, 1.165) is 17.0 Å². The average Bonchev–Trinajstić information content (AvgIpc) is 2.78. The summed E-state index contributed by atoms with van der Waals surface area (Å²) in [6.45, 7) is -3.00. The van der Waals surface area contributed by atoms with Crippen LogP contribution in [-0.4, -0.2) is 31.7 Å². The number of nitrogens with one attached hydrogen (secondary N) is 1. The standard InChI is InChI=1S/C24H20F4N2O4/c1-30(18-7-9-20(10-8-18)33-23(27)28)22(31)21(13-15-11-16(25)14-17(26)12-15)29-24(32)34-19-5-3-2-4-6-19/h2-12,14,21,23H,13H2,1H3,(H,29,32)/t21-/m0/s1. The molecule has 34 heavy (non-hydrogen) atoms. The van der Waals surface area contributed by atoms with Gasteiger partial charge in [0.1, 0.15) is 29.2 Å². The van der Waals surface area contributed by atoms with Crippen molar-refractivity contribution in [3.63, 3.8) is 0 Å². The Kier molecular flexibility index (Phi) is 8.07. The number of benzene rings is 3. The number of para-hydroxylation sites is 1. The van der Waals surface area contributed by atoms with Crippen molar-refractivity contribution in [2.75, 3.05) is 11.9 Å². The van der Waals surface area contributed by atoms with Gasteiger partial charge in [-0.25, -0.2) is 13.6 Å². The third-order valence-electron chi connectivity index (χ3n) is 4.69. The van der Waals surface area contributed by atoms with Crippen LogP contribution in [-0.2, 0) is 11.2 Å². The smallest absolute Gasteiger partial charge is 0.413 e. The Morgan fingerprint density at radius 3 is 2.12 bits per heavy atom. The molecular weight excluding hydrogens is 456 g/mol. The molecular formula is C24H20F4N2O4. The Labute approximate surface area is 192 Å². The van der Waals surface area contributed by atoms with Crippen LogP contribution >= 0.6 is 0 Å². The number of hydrogen-bond donors (Lipinski definition) is 1. The Balaban J connectivity index is 1.80. The number of ether oxygens (including phenoxy) is 2. The molecule has 0 saturated carbocycles. The maximum atomic E-state index is 13.7. The van der Waals surface area contributed by atoms with E-state index in [9.17, 15) is 27.2 Å². The summed E-state index contributed by atoms with van der Waals surface area (Å²) in [7, 11) is 1.40. The second-order valence-corrected chi connectivity index (χ2v) is 7.15. The molecule has 1 N–H and O–H groups in total. The highest BCUT2D eigenvalue weighted by Crippen LogP contribution is 2.21. The van der Waals surface area contributed by atoms with Gasteiger partial charge in [0.25, 0.3) is 0 Å². The lowest BCUT2D eigenvalue weighted by atomic mass is 10.0. The number of rotatable bonds is 8. The number of halogens is 4. The quantitative estimate of drug-likeness (QED) is 0.469. The largest absolute Gasteiger partial charge is 0.435 e. The number of likely N-dealkylation sites (N-methyl/N-ethyl adjacent to an activating group) is 1. The number of amides is 2. The van der Waals surface area contributed by atoms with Crippen LogP contribution in [0.2, 0.25) is 0 Å². The molecule has 0 bridgehead atoms. The highest BCUT2D eigenvalue weighted by atomic mass is 19.3. The van der Waals surface area contributed by atoms with Crippen molar-refractivity contribution >= 4 is 17.7 Å². The first-order valence-corrected chi connectivity index (χ1v) is 10.0. The van der Waals surface area contributed by atoms with Crippen molar-refractivity contribution in [1.29, 1.82) is 0 Å². The minimum atomic E-state index is -3.00. The summed E-state index contributed by atoms with van der Waals surface area (Å²) in [5.74, 6) is -2.19. The molecule has 3 rings (SSSR count). The fourth-order valence-corrected chi connectivity index (χ4v) is 3.14. The molecule has 1 atom stereocenters. The molecule has 0 spiro atoms. The molecule has 0 radical (unpaired) electrons. The number of hydrogen-bond acceptors (Lipinski definition) is 4. The van der Waals surface area contributed by atoms with E-state index in [2.05, 4.69) is 10.1 Å². The lowest BCUT2D eigenvalue weighted by molar-refractivity contribution is -0.120. The lowest BCUT2D eigenvalue weighted by Gasteiger charge is -2.25. The maximum absolute atomic E-state index is 13.7. The molecule has 6 nitrogen and oxygen atoms in total. The highest BCUT2D eigenvalue weighted by Gasteiger charge is 2.26. The summed E-state index contributed by atoms with van der Waals surface area (Å²) in [4.78, 5) is 26.8. The Hall–Kier alpha value is -4.08. The summed E-state index contributed by atoms with van der Waals surface area (Å²) >= 11 is 0. The van der Waals surface area contributed by atoms with Crippen molar-refractivity contribution in [3.05, 3.63) is 90.0 Å². The van der Waals surface area contributed by atoms with E-state index in [1.807, 2.05) is 0 Å². The maximum Gasteiger partial charge on any atom is 0.413 e. The van der Waals surface area contributed by atoms with Crippen molar-refractivity contribution in [3.8, 4) is 11.5 Å². The van der Waals surface area contributed by atoms with E-state index in [1.165, 1.54) is 43.4 Å². The van der Waals surface area contributed by atoms with E-state index in [0.29, 0.717) is 11.8 Å². The molecule has 0 saturated heterocycles. The molecule has 3 aromatic carbocycles. The van der Waals surface area contributed by atoms with Gasteiger partial charge in [-0.05, 0) is 54.1 Å². The summed E-state index contributed by atoms with van der Waals surface area (Å²) in [6.07, 6.45) is -1.19. The van der Waals surface area contributed by atoms with Gasteiger partial charge in [-0.2, -0.15) is 8.78 Å². The van der Waals surface area contributed by atoms with Crippen LogP contribution in [0.25, 0.3) is 0 Å². The summed E-state index contributed by atoms with van der Waals surface area (Å²) < 4.78 is 61.5. The number of carbonyl (C=O) groups excluding carboxylic acids is 2. The third kappa shape index (κ3) is 6.96. The molecule has 0 aliphatic rings. The van der Waals surface area contributed by atoms with Gasteiger partial charge in [-0.3, -0.25) is 4.79 Å². The van der Waals surface area contributed by atoms with Crippen LogP contribution in [0.4, 0.5) is 28.0 Å². The zero-order valence-corrected chi connectivity index (χ0v) is 17.9. The highest BCUT2D eigenvalue weighted by molar-refractivity contribution is 5.98. The number of nitrogens with zero attached hydrogens (tertiary/aromatic N) is 1. The first-order chi connectivity index (χ1) is 16.2. The van der Waals surface area contributed by atoms with E-state index < -0.39 is 36.3 Å². The van der Waals surface area contributed by atoms with Crippen LogP contribution < -0.4 is 19.7 Å². The Bertz CT molecular complexity index is 1110. The average molecular weight is 476 g/mol. The molecule has 10 heteroatoms. The van der Waals surface area contributed by atoms with E-state index >= 15 is 0 Å². The Morgan fingerprint density at radius 2 is 1.53 bits per heavy atom. The first-order valence-electron chi connectivity index (χ1n) is 10.0. The summed E-state index contributed by atoms with van der Waals surface area (Å²) in [6, 6.07) is 14.8. The second-order valence-electron chi connectivity index (χ2n) is 7.15. The zero-order chi connectivity index (χ0) is 24.7. The Morgan fingerprint density at radius 1 is 0.912 bits per heavy atom. The van der Waals surface area contributed by atoms with Crippen LogP contribution in [0.5, 0.6) is 11.5 Å². The monoisotopic (exact) mass is 476 g/mol.